The molecule has 0 rings (SSSR count). The van der Waals surface area contributed by atoms with Crippen molar-refractivity contribution in [3.8, 4) is 0 Å². The minimum Gasteiger partial charge on any atom is -0.291 e. The molecule has 0 aliphatic carbocycles. The van der Waals surface area contributed by atoms with Crippen LogP contribution in [0.25, 0.3) is 0 Å². The lowest BCUT2D eigenvalue weighted by Gasteiger charge is -2.13. The Kier molecular flexibility index (Phi) is 6.19. The normalized spacial score (nSPS) is 15.9. The lowest BCUT2D eigenvalue weighted by molar-refractivity contribution is 0.389. The Hall–Kier alpha value is -0.330. The number of rotatable bonds is 6. The van der Waals surface area contributed by atoms with E-state index in [4.69, 9.17) is 0 Å². The highest BCUT2D eigenvalue weighted by Gasteiger charge is 2.06. The molecular weight excluding hydrogens is 136 g/mol. The van der Waals surface area contributed by atoms with Gasteiger partial charge < -0.3 is 0 Å². The molecule has 0 amide bonds. The largest absolute Gasteiger partial charge is 0.291 e. The summed E-state index contributed by atoms with van der Waals surface area (Å²) in [6, 6.07) is 0. The van der Waals surface area contributed by atoms with Gasteiger partial charge in [0.05, 0.1) is 0 Å². The van der Waals surface area contributed by atoms with E-state index in [-0.39, 0.29) is 0 Å². The van der Waals surface area contributed by atoms with Gasteiger partial charge in [-0.25, -0.2) is 0 Å². The topological polar surface area (TPSA) is 17.1 Å². The van der Waals surface area contributed by atoms with Gasteiger partial charge in [0.25, 0.3) is 0 Å². The number of carbonyl (C=O) groups excluding carboxylic acids is 1. The molecule has 0 aromatic carbocycles. The highest BCUT2D eigenvalue weighted by molar-refractivity contribution is 5.50. The van der Waals surface area contributed by atoms with Gasteiger partial charge in [-0.2, -0.15) is 0 Å². The molecule has 0 N–H and O–H groups in total. The van der Waals surface area contributed by atoms with E-state index < -0.39 is 0 Å². The van der Waals surface area contributed by atoms with E-state index in [2.05, 4.69) is 20.8 Å². The molecule has 0 bridgehead atoms. The van der Waals surface area contributed by atoms with Crippen LogP contribution < -0.4 is 0 Å². The van der Waals surface area contributed by atoms with E-state index in [1.54, 1.807) is 0 Å². The monoisotopic (exact) mass is 155 g/mol. The van der Waals surface area contributed by atoms with Crippen molar-refractivity contribution in [1.29, 1.82) is 0 Å². The quantitative estimate of drug-likeness (QED) is 0.576. The highest BCUT2D eigenvalue weighted by atomic mass is 16.1. The second-order valence-corrected chi connectivity index (χ2v) is 3.54. The first-order valence-electron chi connectivity index (χ1n) is 4.55. The third kappa shape index (κ3) is 6.08. The molecule has 1 radical (unpaired) electrons. The molecule has 0 aliphatic heterocycles. The summed E-state index contributed by atoms with van der Waals surface area (Å²) in [5.41, 5.74) is 0. The molecule has 65 valence electrons. The molecule has 0 spiro atoms. The average molecular weight is 155 g/mol. The molecule has 0 saturated carbocycles. The summed E-state index contributed by atoms with van der Waals surface area (Å²) >= 11 is 0. The Morgan fingerprint density at radius 1 is 1.27 bits per heavy atom. The van der Waals surface area contributed by atoms with Crippen molar-refractivity contribution >= 4 is 6.29 Å². The van der Waals surface area contributed by atoms with Gasteiger partial charge in [-0.15, -0.1) is 0 Å². The van der Waals surface area contributed by atoms with Crippen LogP contribution in [0.4, 0.5) is 0 Å². The molecular formula is C10H19O. The third-order valence-corrected chi connectivity index (χ3v) is 2.24. The van der Waals surface area contributed by atoms with Crippen molar-refractivity contribution < 1.29 is 4.79 Å². The van der Waals surface area contributed by atoms with Gasteiger partial charge in [-0.05, 0) is 24.7 Å². The molecule has 0 aromatic rings. The van der Waals surface area contributed by atoms with Crippen LogP contribution in [0, 0.1) is 11.8 Å². The molecule has 0 aromatic heterocycles. The zero-order valence-electron chi connectivity index (χ0n) is 7.89. The summed E-state index contributed by atoms with van der Waals surface area (Å²) in [6.07, 6.45) is 6.05. The van der Waals surface area contributed by atoms with Gasteiger partial charge in [0.15, 0.2) is 6.29 Å². The van der Waals surface area contributed by atoms with E-state index in [0.29, 0.717) is 12.3 Å². The average Bonchev–Trinajstić information content (AvgIpc) is 2.00. The first-order chi connectivity index (χ1) is 5.20. The fourth-order valence-electron chi connectivity index (χ4n) is 1.28. The van der Waals surface area contributed by atoms with Gasteiger partial charge in [0.2, 0.25) is 0 Å². The van der Waals surface area contributed by atoms with E-state index in [1.165, 1.54) is 12.8 Å². The molecule has 0 fully saturated rings. The maximum Gasteiger partial charge on any atom is 0.198 e. The van der Waals surface area contributed by atoms with Crippen molar-refractivity contribution in [3.05, 3.63) is 0 Å². The van der Waals surface area contributed by atoms with E-state index in [9.17, 15) is 4.79 Å². The van der Waals surface area contributed by atoms with Crippen molar-refractivity contribution in [2.45, 2.75) is 46.5 Å². The summed E-state index contributed by atoms with van der Waals surface area (Å²) in [5, 5.41) is 0. The van der Waals surface area contributed by atoms with Crippen LogP contribution in [0.3, 0.4) is 0 Å². The van der Waals surface area contributed by atoms with Crippen LogP contribution in [0.1, 0.15) is 46.5 Å². The Morgan fingerprint density at radius 3 is 2.36 bits per heavy atom. The molecule has 11 heavy (non-hydrogen) atoms. The molecule has 0 saturated heterocycles. The second kappa shape index (κ2) is 6.38. The summed E-state index contributed by atoms with van der Waals surface area (Å²) in [5.74, 6) is 1.49. The van der Waals surface area contributed by atoms with Crippen LogP contribution in [0.2, 0.25) is 0 Å². The molecule has 1 nitrogen and oxygen atoms in total. The maximum atomic E-state index is 9.94. The summed E-state index contributed by atoms with van der Waals surface area (Å²) in [7, 11) is 0. The minimum atomic E-state index is 0.609. The summed E-state index contributed by atoms with van der Waals surface area (Å²) < 4.78 is 0. The van der Waals surface area contributed by atoms with Crippen LogP contribution in [-0.2, 0) is 4.79 Å². The highest BCUT2D eigenvalue weighted by Crippen LogP contribution is 2.17. The zero-order chi connectivity index (χ0) is 8.69. The van der Waals surface area contributed by atoms with Gasteiger partial charge in [-0.3, -0.25) is 4.79 Å². The van der Waals surface area contributed by atoms with Crippen molar-refractivity contribution in [2.75, 3.05) is 0 Å². The van der Waals surface area contributed by atoms with E-state index >= 15 is 0 Å². The van der Waals surface area contributed by atoms with E-state index in [1.807, 2.05) is 6.29 Å². The minimum absolute atomic E-state index is 0.609. The predicted molar refractivity (Wildman–Crippen MR) is 48.2 cm³/mol. The SMILES string of the molecule is CCC(C)CC(C)CC[C]=O. The van der Waals surface area contributed by atoms with Crippen molar-refractivity contribution in [2.24, 2.45) is 11.8 Å². The van der Waals surface area contributed by atoms with Crippen LogP contribution in [-0.4, -0.2) is 6.29 Å². The smallest absolute Gasteiger partial charge is 0.198 e. The molecule has 0 heterocycles. The summed E-state index contributed by atoms with van der Waals surface area (Å²) in [6.45, 7) is 6.69. The van der Waals surface area contributed by atoms with Gasteiger partial charge in [0.1, 0.15) is 0 Å². The fourth-order valence-corrected chi connectivity index (χ4v) is 1.28. The maximum absolute atomic E-state index is 9.94. The number of hydrogen-bond acceptors (Lipinski definition) is 1. The predicted octanol–water partition coefficient (Wildman–Crippen LogP) is 2.95. The number of hydrogen-bond donors (Lipinski definition) is 0. The van der Waals surface area contributed by atoms with Crippen molar-refractivity contribution in [3.63, 3.8) is 0 Å². The third-order valence-electron chi connectivity index (χ3n) is 2.24. The lowest BCUT2D eigenvalue weighted by atomic mass is 9.92. The fraction of sp³-hybridized carbons (Fsp3) is 0.900. The second-order valence-electron chi connectivity index (χ2n) is 3.54. The van der Waals surface area contributed by atoms with Gasteiger partial charge in [0, 0.05) is 6.42 Å². The zero-order valence-corrected chi connectivity index (χ0v) is 7.89. The van der Waals surface area contributed by atoms with Crippen LogP contribution in [0.5, 0.6) is 0 Å². The lowest BCUT2D eigenvalue weighted by Crippen LogP contribution is -2.02. The molecule has 2 unspecified atom stereocenters. The Morgan fingerprint density at radius 2 is 1.91 bits per heavy atom. The standard InChI is InChI=1S/C10H19O/c1-4-9(2)8-10(3)6-5-7-11/h9-10H,4-6,8H2,1-3H3. The first kappa shape index (κ1) is 10.7. The van der Waals surface area contributed by atoms with Crippen LogP contribution in [0.15, 0.2) is 0 Å². The Balaban J connectivity index is 3.34. The van der Waals surface area contributed by atoms with Crippen LogP contribution >= 0.6 is 0 Å². The van der Waals surface area contributed by atoms with E-state index in [0.717, 1.165) is 12.3 Å². The Bertz CT molecular complexity index is 99.0. The molecule has 1 heteroatoms. The molecule has 2 atom stereocenters. The van der Waals surface area contributed by atoms with Gasteiger partial charge >= 0.3 is 0 Å². The first-order valence-corrected chi connectivity index (χ1v) is 4.55. The van der Waals surface area contributed by atoms with Crippen molar-refractivity contribution in [1.82, 2.24) is 0 Å². The van der Waals surface area contributed by atoms with Gasteiger partial charge in [-0.1, -0.05) is 27.2 Å². The summed E-state index contributed by atoms with van der Waals surface area (Å²) in [4.78, 5) is 9.94. The molecule has 0 aliphatic rings. The Labute approximate surface area is 70.2 Å².